The van der Waals surface area contributed by atoms with Crippen LogP contribution in [-0.4, -0.2) is 36.7 Å². The second-order valence-electron chi connectivity index (χ2n) is 5.93. The van der Waals surface area contributed by atoms with Gasteiger partial charge in [-0.3, -0.25) is 9.59 Å². The molecule has 0 bridgehead atoms. The summed E-state index contributed by atoms with van der Waals surface area (Å²) in [4.78, 5) is 23.3. The molecule has 0 radical (unpaired) electrons. The molecular formula is C17H21F2NO4. The largest absolute Gasteiger partial charge is 0.481 e. The van der Waals surface area contributed by atoms with Crippen LogP contribution in [0.2, 0.25) is 0 Å². The molecule has 0 aromatic heterocycles. The van der Waals surface area contributed by atoms with Gasteiger partial charge in [0, 0.05) is 32.2 Å². The summed E-state index contributed by atoms with van der Waals surface area (Å²) in [5, 5.41) is 11.9. The Morgan fingerprint density at radius 1 is 1.29 bits per heavy atom. The Morgan fingerprint density at radius 3 is 2.62 bits per heavy atom. The van der Waals surface area contributed by atoms with E-state index < -0.39 is 23.5 Å². The topological polar surface area (TPSA) is 75.6 Å². The zero-order valence-electron chi connectivity index (χ0n) is 13.3. The lowest BCUT2D eigenvalue weighted by Gasteiger charge is -2.27. The molecule has 1 saturated heterocycles. The van der Waals surface area contributed by atoms with Crippen LogP contribution in [0.15, 0.2) is 18.2 Å². The maximum absolute atomic E-state index is 13.5. The molecule has 1 aromatic carbocycles. The number of aryl methyl sites for hydroxylation is 1. The average molecular weight is 341 g/mol. The van der Waals surface area contributed by atoms with Gasteiger partial charge in [-0.05, 0) is 36.8 Å². The predicted octanol–water partition coefficient (Wildman–Crippen LogP) is 2.14. The molecule has 1 heterocycles. The van der Waals surface area contributed by atoms with Crippen molar-refractivity contribution >= 4 is 11.9 Å². The summed E-state index contributed by atoms with van der Waals surface area (Å²) in [5.41, 5.74) is 0.255. The van der Waals surface area contributed by atoms with Gasteiger partial charge in [-0.15, -0.1) is 0 Å². The molecule has 0 spiro atoms. The van der Waals surface area contributed by atoms with Crippen LogP contribution >= 0.6 is 0 Å². The fourth-order valence-corrected chi connectivity index (χ4v) is 2.86. The lowest BCUT2D eigenvalue weighted by molar-refractivity contribution is -0.144. The van der Waals surface area contributed by atoms with Crippen molar-refractivity contribution in [1.29, 1.82) is 0 Å². The van der Waals surface area contributed by atoms with Gasteiger partial charge in [0.1, 0.15) is 11.6 Å². The van der Waals surface area contributed by atoms with Crippen molar-refractivity contribution in [3.05, 3.63) is 35.4 Å². The van der Waals surface area contributed by atoms with E-state index in [1.165, 1.54) is 6.07 Å². The molecule has 0 aliphatic carbocycles. The van der Waals surface area contributed by atoms with E-state index in [2.05, 4.69) is 5.32 Å². The fraction of sp³-hybridized carbons (Fsp3) is 0.529. The Morgan fingerprint density at radius 2 is 2.00 bits per heavy atom. The SMILES string of the molecule is O=C(CCc1ccc(F)cc1F)NCC(C(=O)O)C1CCOCC1. The standard InChI is InChI=1S/C17H21F2NO4/c18-13-3-1-12(15(19)9-13)2-4-16(21)20-10-14(17(22)23)11-5-7-24-8-6-11/h1,3,9,11,14H,2,4-8,10H2,(H,20,21)(H,22,23). The molecule has 132 valence electrons. The van der Waals surface area contributed by atoms with Gasteiger partial charge in [0.25, 0.3) is 0 Å². The van der Waals surface area contributed by atoms with E-state index in [0.717, 1.165) is 12.1 Å². The Balaban J connectivity index is 1.81. The third-order valence-corrected chi connectivity index (χ3v) is 4.31. The lowest BCUT2D eigenvalue weighted by atomic mass is 9.86. The Hall–Kier alpha value is -2.02. The quantitative estimate of drug-likeness (QED) is 0.797. The number of hydrogen-bond donors (Lipinski definition) is 2. The van der Waals surface area contributed by atoms with Gasteiger partial charge in [-0.1, -0.05) is 6.07 Å². The molecule has 1 aliphatic rings. The monoisotopic (exact) mass is 341 g/mol. The summed E-state index contributed by atoms with van der Waals surface area (Å²) in [6, 6.07) is 3.22. The summed E-state index contributed by atoms with van der Waals surface area (Å²) >= 11 is 0. The molecule has 5 nitrogen and oxygen atoms in total. The first-order valence-corrected chi connectivity index (χ1v) is 7.98. The molecule has 1 atom stereocenters. The van der Waals surface area contributed by atoms with Gasteiger partial charge < -0.3 is 15.2 Å². The molecular weight excluding hydrogens is 320 g/mol. The van der Waals surface area contributed by atoms with Crippen molar-refractivity contribution in [3.63, 3.8) is 0 Å². The number of ether oxygens (including phenoxy) is 1. The van der Waals surface area contributed by atoms with Crippen molar-refractivity contribution in [2.45, 2.75) is 25.7 Å². The molecule has 2 rings (SSSR count). The first-order valence-electron chi connectivity index (χ1n) is 7.98. The van der Waals surface area contributed by atoms with Crippen LogP contribution in [0.25, 0.3) is 0 Å². The first-order chi connectivity index (χ1) is 11.5. The number of rotatable bonds is 7. The highest BCUT2D eigenvalue weighted by atomic mass is 19.1. The van der Waals surface area contributed by atoms with Crippen LogP contribution in [0.4, 0.5) is 8.78 Å². The van der Waals surface area contributed by atoms with Gasteiger partial charge in [0.15, 0.2) is 0 Å². The smallest absolute Gasteiger partial charge is 0.308 e. The van der Waals surface area contributed by atoms with Gasteiger partial charge >= 0.3 is 5.97 Å². The van der Waals surface area contributed by atoms with Crippen molar-refractivity contribution in [1.82, 2.24) is 5.32 Å². The molecule has 0 saturated carbocycles. The van der Waals surface area contributed by atoms with Crippen LogP contribution in [0.3, 0.4) is 0 Å². The van der Waals surface area contributed by atoms with E-state index in [9.17, 15) is 23.5 Å². The zero-order valence-corrected chi connectivity index (χ0v) is 13.3. The lowest BCUT2D eigenvalue weighted by Crippen LogP contribution is -2.39. The third kappa shape index (κ3) is 5.26. The third-order valence-electron chi connectivity index (χ3n) is 4.31. The van der Waals surface area contributed by atoms with E-state index in [1.807, 2.05) is 0 Å². The van der Waals surface area contributed by atoms with E-state index >= 15 is 0 Å². The number of amides is 1. The summed E-state index contributed by atoms with van der Waals surface area (Å²) in [7, 11) is 0. The number of hydrogen-bond acceptors (Lipinski definition) is 3. The van der Waals surface area contributed by atoms with Crippen LogP contribution in [0.5, 0.6) is 0 Å². The Labute approximate surface area is 139 Å². The zero-order chi connectivity index (χ0) is 17.5. The molecule has 1 aliphatic heterocycles. The highest BCUT2D eigenvalue weighted by molar-refractivity contribution is 5.77. The molecule has 1 unspecified atom stereocenters. The fourth-order valence-electron chi connectivity index (χ4n) is 2.86. The second kappa shape index (κ2) is 8.73. The van der Waals surface area contributed by atoms with E-state index in [1.54, 1.807) is 0 Å². The van der Waals surface area contributed by atoms with Crippen LogP contribution in [0, 0.1) is 23.5 Å². The minimum Gasteiger partial charge on any atom is -0.481 e. The number of carbonyl (C=O) groups is 2. The van der Waals surface area contributed by atoms with Gasteiger partial charge in [-0.25, -0.2) is 8.78 Å². The molecule has 24 heavy (non-hydrogen) atoms. The molecule has 1 fully saturated rings. The van der Waals surface area contributed by atoms with Crippen molar-refractivity contribution < 1.29 is 28.2 Å². The van der Waals surface area contributed by atoms with E-state index in [0.29, 0.717) is 26.1 Å². The number of carboxylic acid groups (broad SMARTS) is 1. The van der Waals surface area contributed by atoms with Gasteiger partial charge in [-0.2, -0.15) is 0 Å². The number of carboxylic acids is 1. The second-order valence-corrected chi connectivity index (χ2v) is 5.93. The molecule has 1 amide bonds. The number of carbonyl (C=O) groups excluding carboxylic acids is 1. The molecule has 1 aromatic rings. The molecule has 2 N–H and O–H groups in total. The Bertz CT molecular complexity index is 588. The average Bonchev–Trinajstić information content (AvgIpc) is 2.55. The summed E-state index contributed by atoms with van der Waals surface area (Å²) in [6.07, 6.45) is 1.47. The highest BCUT2D eigenvalue weighted by Crippen LogP contribution is 2.23. The van der Waals surface area contributed by atoms with Crippen molar-refractivity contribution in [2.75, 3.05) is 19.8 Å². The summed E-state index contributed by atoms with van der Waals surface area (Å²) < 4.78 is 31.5. The van der Waals surface area contributed by atoms with Crippen LogP contribution < -0.4 is 5.32 Å². The van der Waals surface area contributed by atoms with E-state index in [4.69, 9.17) is 4.74 Å². The van der Waals surface area contributed by atoms with Gasteiger partial charge in [0.2, 0.25) is 5.91 Å². The molecule has 7 heteroatoms. The Kier molecular flexibility index (Phi) is 6.66. The summed E-state index contributed by atoms with van der Waals surface area (Å²) in [6.45, 7) is 1.11. The number of benzene rings is 1. The predicted molar refractivity (Wildman–Crippen MR) is 82.4 cm³/mol. The summed E-state index contributed by atoms with van der Waals surface area (Å²) in [5.74, 6) is -3.31. The maximum Gasteiger partial charge on any atom is 0.308 e. The first kappa shape index (κ1) is 18.3. The highest BCUT2D eigenvalue weighted by Gasteiger charge is 2.29. The van der Waals surface area contributed by atoms with Crippen LogP contribution in [0.1, 0.15) is 24.8 Å². The minimum atomic E-state index is -0.938. The van der Waals surface area contributed by atoms with Crippen molar-refractivity contribution in [2.24, 2.45) is 11.8 Å². The normalized spacial score (nSPS) is 16.6. The number of aliphatic carboxylic acids is 1. The minimum absolute atomic E-state index is 0.0165. The van der Waals surface area contributed by atoms with Gasteiger partial charge in [0.05, 0.1) is 5.92 Å². The number of nitrogens with one attached hydrogen (secondary N) is 1. The van der Waals surface area contributed by atoms with Crippen LogP contribution in [-0.2, 0) is 20.7 Å². The van der Waals surface area contributed by atoms with Crippen molar-refractivity contribution in [3.8, 4) is 0 Å². The van der Waals surface area contributed by atoms with E-state index in [-0.39, 0.29) is 36.8 Å². The number of halogens is 2. The maximum atomic E-state index is 13.5.